The quantitative estimate of drug-likeness (QED) is 0.550. The highest BCUT2D eigenvalue weighted by molar-refractivity contribution is 5.76. The van der Waals surface area contributed by atoms with Crippen molar-refractivity contribution in [2.24, 2.45) is 0 Å². The van der Waals surface area contributed by atoms with Crippen LogP contribution >= 0.6 is 0 Å². The molecular weight excluding hydrogens is 178 g/mol. The molecule has 0 amide bonds. The van der Waals surface area contributed by atoms with Gasteiger partial charge in [0.25, 0.3) is 0 Å². The van der Waals surface area contributed by atoms with Gasteiger partial charge in [-0.2, -0.15) is 0 Å². The largest absolute Gasteiger partial charge is 0.461 e. The predicted molar refractivity (Wildman–Crippen MR) is 56.0 cm³/mol. The highest BCUT2D eigenvalue weighted by Gasteiger charge is 2.22. The fourth-order valence-electron chi connectivity index (χ4n) is 1.62. The first kappa shape index (κ1) is 11.2. The lowest BCUT2D eigenvalue weighted by atomic mass is 10.1. The minimum absolute atomic E-state index is 0.0521. The number of carbonyl (C=O) groups is 1. The molecule has 1 fully saturated rings. The standard InChI is InChI=1S/C11H19NO2/c1-3-6-9(2)14-11(13)10-7-4-5-8-12-10/h3,9-10,12H,1,4-8H2,2H3/t9-,10+/m0/s1. The van der Waals surface area contributed by atoms with Crippen LogP contribution in [-0.4, -0.2) is 24.7 Å². The fourth-order valence-corrected chi connectivity index (χ4v) is 1.62. The predicted octanol–water partition coefficient (Wildman–Crippen LogP) is 1.64. The summed E-state index contributed by atoms with van der Waals surface area (Å²) >= 11 is 0. The second-order valence-corrected chi connectivity index (χ2v) is 3.77. The number of ether oxygens (including phenoxy) is 1. The third kappa shape index (κ3) is 3.50. The van der Waals surface area contributed by atoms with Crippen LogP contribution in [0.15, 0.2) is 12.7 Å². The van der Waals surface area contributed by atoms with E-state index in [0.29, 0.717) is 0 Å². The van der Waals surface area contributed by atoms with E-state index in [4.69, 9.17) is 4.74 Å². The van der Waals surface area contributed by atoms with Crippen molar-refractivity contribution in [2.75, 3.05) is 6.54 Å². The van der Waals surface area contributed by atoms with Crippen LogP contribution in [0.25, 0.3) is 0 Å². The lowest BCUT2D eigenvalue weighted by Crippen LogP contribution is -2.42. The number of carbonyl (C=O) groups excluding carboxylic acids is 1. The molecule has 1 N–H and O–H groups in total. The van der Waals surface area contributed by atoms with E-state index >= 15 is 0 Å². The summed E-state index contributed by atoms with van der Waals surface area (Å²) in [4.78, 5) is 11.6. The van der Waals surface area contributed by atoms with Crippen molar-refractivity contribution < 1.29 is 9.53 Å². The zero-order valence-electron chi connectivity index (χ0n) is 8.79. The fraction of sp³-hybridized carbons (Fsp3) is 0.727. The molecule has 0 spiro atoms. The second kappa shape index (κ2) is 5.81. The maximum Gasteiger partial charge on any atom is 0.323 e. The van der Waals surface area contributed by atoms with Gasteiger partial charge in [-0.1, -0.05) is 12.5 Å². The van der Waals surface area contributed by atoms with Crippen LogP contribution < -0.4 is 5.32 Å². The SMILES string of the molecule is C=CC[C@H](C)OC(=O)[C@H]1CCCCN1. The van der Waals surface area contributed by atoms with Crippen LogP contribution in [0.2, 0.25) is 0 Å². The molecule has 0 aromatic heterocycles. The average molecular weight is 197 g/mol. The van der Waals surface area contributed by atoms with Gasteiger partial charge in [0.15, 0.2) is 0 Å². The first-order chi connectivity index (χ1) is 6.74. The van der Waals surface area contributed by atoms with E-state index < -0.39 is 0 Å². The normalized spacial score (nSPS) is 23.9. The van der Waals surface area contributed by atoms with Gasteiger partial charge in [0.05, 0.1) is 0 Å². The molecule has 1 saturated heterocycles. The van der Waals surface area contributed by atoms with E-state index in [9.17, 15) is 4.79 Å². The van der Waals surface area contributed by atoms with Gasteiger partial charge in [0.2, 0.25) is 0 Å². The molecule has 1 heterocycles. The number of piperidine rings is 1. The van der Waals surface area contributed by atoms with E-state index in [1.807, 2.05) is 6.92 Å². The minimum atomic E-state index is -0.112. The molecule has 3 nitrogen and oxygen atoms in total. The molecule has 0 unspecified atom stereocenters. The van der Waals surface area contributed by atoms with Crippen molar-refractivity contribution in [1.29, 1.82) is 0 Å². The summed E-state index contributed by atoms with van der Waals surface area (Å²) in [6.45, 7) is 6.43. The first-order valence-electron chi connectivity index (χ1n) is 5.29. The number of hydrogen-bond acceptors (Lipinski definition) is 3. The zero-order valence-corrected chi connectivity index (χ0v) is 8.79. The Hall–Kier alpha value is -0.830. The van der Waals surface area contributed by atoms with Crippen LogP contribution in [0.4, 0.5) is 0 Å². The van der Waals surface area contributed by atoms with Crippen LogP contribution in [-0.2, 0) is 9.53 Å². The smallest absolute Gasteiger partial charge is 0.323 e. The lowest BCUT2D eigenvalue weighted by Gasteiger charge is -2.23. The zero-order chi connectivity index (χ0) is 10.4. The van der Waals surface area contributed by atoms with Crippen molar-refractivity contribution in [3.63, 3.8) is 0 Å². The van der Waals surface area contributed by atoms with E-state index in [0.717, 1.165) is 32.2 Å². The molecule has 2 atom stereocenters. The Morgan fingerprint density at radius 2 is 2.50 bits per heavy atom. The maximum atomic E-state index is 11.6. The van der Waals surface area contributed by atoms with Crippen molar-refractivity contribution in [3.05, 3.63) is 12.7 Å². The molecule has 3 heteroatoms. The lowest BCUT2D eigenvalue weighted by molar-refractivity contribution is -0.151. The topological polar surface area (TPSA) is 38.3 Å². The molecule has 1 aliphatic rings. The summed E-state index contributed by atoms with van der Waals surface area (Å²) < 4.78 is 5.26. The van der Waals surface area contributed by atoms with E-state index in [1.165, 1.54) is 0 Å². The van der Waals surface area contributed by atoms with Gasteiger partial charge in [-0.25, -0.2) is 0 Å². The Morgan fingerprint density at radius 3 is 3.07 bits per heavy atom. The van der Waals surface area contributed by atoms with E-state index in [1.54, 1.807) is 6.08 Å². The van der Waals surface area contributed by atoms with Crippen molar-refractivity contribution in [3.8, 4) is 0 Å². The van der Waals surface area contributed by atoms with Crippen LogP contribution in [0.3, 0.4) is 0 Å². The summed E-state index contributed by atoms with van der Waals surface area (Å²) in [6, 6.07) is -0.0870. The summed E-state index contributed by atoms with van der Waals surface area (Å²) in [6.07, 6.45) is 5.61. The number of hydrogen-bond donors (Lipinski definition) is 1. The molecular formula is C11H19NO2. The van der Waals surface area contributed by atoms with Gasteiger partial charge in [0, 0.05) is 6.42 Å². The Morgan fingerprint density at radius 1 is 1.71 bits per heavy atom. The van der Waals surface area contributed by atoms with Gasteiger partial charge >= 0.3 is 5.97 Å². The molecule has 0 radical (unpaired) electrons. The molecule has 0 saturated carbocycles. The number of esters is 1. The average Bonchev–Trinajstić information content (AvgIpc) is 2.19. The summed E-state index contributed by atoms with van der Waals surface area (Å²) in [7, 11) is 0. The number of nitrogens with one attached hydrogen (secondary N) is 1. The van der Waals surface area contributed by atoms with E-state index in [2.05, 4.69) is 11.9 Å². The highest BCUT2D eigenvalue weighted by Crippen LogP contribution is 2.10. The van der Waals surface area contributed by atoms with Crippen LogP contribution in [0, 0.1) is 0 Å². The van der Waals surface area contributed by atoms with Crippen LogP contribution in [0.1, 0.15) is 32.6 Å². The third-order valence-electron chi connectivity index (χ3n) is 2.41. The van der Waals surface area contributed by atoms with Crippen molar-refractivity contribution >= 4 is 5.97 Å². The second-order valence-electron chi connectivity index (χ2n) is 3.77. The molecule has 1 aliphatic heterocycles. The molecule has 0 aromatic rings. The van der Waals surface area contributed by atoms with E-state index in [-0.39, 0.29) is 18.1 Å². The van der Waals surface area contributed by atoms with Crippen LogP contribution in [0.5, 0.6) is 0 Å². The molecule has 14 heavy (non-hydrogen) atoms. The van der Waals surface area contributed by atoms with Gasteiger partial charge in [-0.05, 0) is 26.3 Å². The number of rotatable bonds is 4. The summed E-state index contributed by atoms with van der Waals surface area (Å²) in [5, 5.41) is 3.17. The monoisotopic (exact) mass is 197 g/mol. The van der Waals surface area contributed by atoms with Crippen molar-refractivity contribution in [2.45, 2.75) is 44.8 Å². The molecule has 0 aromatic carbocycles. The highest BCUT2D eigenvalue weighted by atomic mass is 16.5. The first-order valence-corrected chi connectivity index (χ1v) is 5.29. The van der Waals surface area contributed by atoms with Gasteiger partial charge in [0.1, 0.15) is 12.1 Å². The summed E-state index contributed by atoms with van der Waals surface area (Å²) in [5.74, 6) is -0.112. The Bertz CT molecular complexity index is 197. The molecule has 0 bridgehead atoms. The van der Waals surface area contributed by atoms with Gasteiger partial charge in [-0.3, -0.25) is 4.79 Å². The Balaban J connectivity index is 2.28. The minimum Gasteiger partial charge on any atom is -0.461 e. The Kier molecular flexibility index (Phi) is 4.66. The van der Waals surface area contributed by atoms with Gasteiger partial charge < -0.3 is 10.1 Å². The summed E-state index contributed by atoms with van der Waals surface area (Å²) in [5.41, 5.74) is 0. The third-order valence-corrected chi connectivity index (χ3v) is 2.41. The molecule has 1 rings (SSSR count). The van der Waals surface area contributed by atoms with Gasteiger partial charge in [-0.15, -0.1) is 6.58 Å². The van der Waals surface area contributed by atoms with Crippen molar-refractivity contribution in [1.82, 2.24) is 5.32 Å². The molecule has 80 valence electrons. The molecule has 0 aliphatic carbocycles. The Labute approximate surface area is 85.5 Å². The maximum absolute atomic E-state index is 11.6.